The molecule has 0 amide bonds. The lowest BCUT2D eigenvalue weighted by molar-refractivity contribution is 1.18. The van der Waals surface area contributed by atoms with Gasteiger partial charge in [0.1, 0.15) is 0 Å². The minimum Gasteiger partial charge on any atom is -0.309 e. The predicted octanol–water partition coefficient (Wildman–Crippen LogP) is 11.2. The largest absolute Gasteiger partial charge is 0.309 e. The summed E-state index contributed by atoms with van der Waals surface area (Å²) in [5.74, 6) is 0. The van der Waals surface area contributed by atoms with Crippen LogP contribution in [0.3, 0.4) is 0 Å². The molecule has 8 rings (SSSR count). The van der Waals surface area contributed by atoms with Crippen molar-refractivity contribution >= 4 is 69.2 Å². The van der Waals surface area contributed by atoms with Crippen molar-refractivity contribution in [2.24, 2.45) is 0 Å². The maximum absolute atomic E-state index is 3.88. The van der Waals surface area contributed by atoms with Crippen LogP contribution in [0.25, 0.3) is 69.9 Å². The van der Waals surface area contributed by atoms with E-state index in [0.717, 1.165) is 4.47 Å². The number of hydrogen-bond donors (Lipinski definition) is 0. The van der Waals surface area contributed by atoms with Gasteiger partial charge in [0.25, 0.3) is 0 Å². The number of thiophene rings is 1. The van der Waals surface area contributed by atoms with Gasteiger partial charge in [-0.25, -0.2) is 0 Å². The summed E-state index contributed by atoms with van der Waals surface area (Å²) in [6.07, 6.45) is 0. The summed E-state index contributed by atoms with van der Waals surface area (Å²) >= 11 is 5.75. The third-order valence-electron chi connectivity index (χ3n) is 7.67. The fourth-order valence-electron chi connectivity index (χ4n) is 5.98. The zero-order valence-electron chi connectivity index (χ0n) is 20.9. The quantitative estimate of drug-likeness (QED) is 0.196. The second-order valence-corrected chi connectivity index (χ2v) is 11.8. The third-order valence-corrected chi connectivity index (χ3v) is 9.45. The summed E-state index contributed by atoms with van der Waals surface area (Å²) < 4.78 is 6.18. The van der Waals surface area contributed by atoms with Crippen LogP contribution in [0.5, 0.6) is 0 Å². The van der Waals surface area contributed by atoms with Gasteiger partial charge in [0, 0.05) is 46.5 Å². The molecular weight excluding hydrogens is 558 g/mol. The van der Waals surface area contributed by atoms with E-state index in [0.29, 0.717) is 0 Å². The lowest BCUT2D eigenvalue weighted by Gasteiger charge is -2.14. The fourth-order valence-corrected chi connectivity index (χ4v) is 7.67. The van der Waals surface area contributed by atoms with Crippen LogP contribution in [0.4, 0.5) is 0 Å². The number of fused-ring (bicyclic) bond motifs is 6. The van der Waals surface area contributed by atoms with E-state index in [1.807, 2.05) is 11.3 Å². The number of aromatic nitrogens is 1. The number of rotatable bonds is 3. The highest BCUT2D eigenvalue weighted by atomic mass is 79.9. The summed E-state index contributed by atoms with van der Waals surface area (Å²) in [6.45, 7) is 0. The third kappa shape index (κ3) is 3.51. The van der Waals surface area contributed by atoms with Gasteiger partial charge in [-0.1, -0.05) is 113 Å². The van der Waals surface area contributed by atoms with E-state index in [-0.39, 0.29) is 0 Å². The molecule has 0 unspecified atom stereocenters. The second-order valence-electron chi connectivity index (χ2n) is 9.86. The molecule has 0 aliphatic carbocycles. The van der Waals surface area contributed by atoms with Gasteiger partial charge in [0.2, 0.25) is 0 Å². The average Bonchev–Trinajstić information content (AvgIpc) is 3.51. The molecule has 0 aliphatic heterocycles. The molecule has 0 N–H and O–H groups in total. The average molecular weight is 581 g/mol. The van der Waals surface area contributed by atoms with Crippen LogP contribution in [0.15, 0.2) is 138 Å². The molecule has 0 radical (unpaired) electrons. The highest BCUT2D eigenvalue weighted by molar-refractivity contribution is 9.10. The smallest absolute Gasteiger partial charge is 0.0555 e. The van der Waals surface area contributed by atoms with Gasteiger partial charge in [-0.15, -0.1) is 11.3 Å². The Labute approximate surface area is 238 Å². The van der Waals surface area contributed by atoms with E-state index in [9.17, 15) is 0 Å². The number of nitrogens with zero attached hydrogens (tertiary/aromatic N) is 1. The Hall–Kier alpha value is -4.18. The van der Waals surface area contributed by atoms with Crippen LogP contribution < -0.4 is 0 Å². The van der Waals surface area contributed by atoms with Crippen LogP contribution in [0, 0.1) is 0 Å². The first-order valence-corrected chi connectivity index (χ1v) is 14.7. The van der Waals surface area contributed by atoms with Crippen LogP contribution in [0.2, 0.25) is 0 Å². The summed E-state index contributed by atoms with van der Waals surface area (Å²) in [6, 6.07) is 48.2. The molecule has 0 bridgehead atoms. The standard InChI is InChI=1S/C36H22BrNS/c37-29-19-20-33-36(35(29)24-13-5-2-6-14-24)28-21-27-26-16-8-10-18-31(26)38(32(27)22-34(28)39-33)30-17-9-7-15-25(30)23-11-3-1-4-12-23/h1-22H. The van der Waals surface area contributed by atoms with Crippen molar-refractivity contribution < 1.29 is 0 Å². The Morgan fingerprint density at radius 1 is 0.513 bits per heavy atom. The molecule has 0 atom stereocenters. The molecule has 0 fully saturated rings. The molecule has 2 aromatic heterocycles. The Balaban J connectivity index is 1.50. The van der Waals surface area contributed by atoms with Crippen molar-refractivity contribution in [1.82, 2.24) is 4.57 Å². The van der Waals surface area contributed by atoms with Gasteiger partial charge in [-0.05, 0) is 47.5 Å². The molecule has 6 aromatic carbocycles. The Morgan fingerprint density at radius 2 is 1.21 bits per heavy atom. The monoisotopic (exact) mass is 579 g/mol. The van der Waals surface area contributed by atoms with Crippen molar-refractivity contribution in [3.05, 3.63) is 138 Å². The molecule has 0 spiro atoms. The molecule has 0 saturated carbocycles. The Bertz CT molecular complexity index is 2170. The minimum atomic E-state index is 1.13. The van der Waals surface area contributed by atoms with Crippen LogP contribution >= 0.6 is 27.3 Å². The number of halogens is 1. The van der Waals surface area contributed by atoms with Gasteiger partial charge in [0.05, 0.1) is 16.7 Å². The summed E-state index contributed by atoms with van der Waals surface area (Å²) in [5.41, 5.74) is 8.60. The van der Waals surface area contributed by atoms with Gasteiger partial charge in [0.15, 0.2) is 0 Å². The van der Waals surface area contributed by atoms with Crippen molar-refractivity contribution in [3.63, 3.8) is 0 Å². The zero-order chi connectivity index (χ0) is 25.9. The van der Waals surface area contributed by atoms with E-state index in [1.165, 1.54) is 69.9 Å². The van der Waals surface area contributed by atoms with Gasteiger partial charge < -0.3 is 4.57 Å². The topological polar surface area (TPSA) is 4.93 Å². The van der Waals surface area contributed by atoms with Crippen LogP contribution in [-0.2, 0) is 0 Å². The molecule has 2 heterocycles. The Kier molecular flexibility index (Phi) is 5.22. The SMILES string of the molecule is Brc1ccc2sc3cc4c(cc3c2c1-c1ccccc1)c1ccccc1n4-c1ccccc1-c1ccccc1. The van der Waals surface area contributed by atoms with E-state index >= 15 is 0 Å². The van der Waals surface area contributed by atoms with E-state index < -0.39 is 0 Å². The van der Waals surface area contributed by atoms with Gasteiger partial charge >= 0.3 is 0 Å². The maximum atomic E-state index is 3.88. The zero-order valence-corrected chi connectivity index (χ0v) is 23.3. The Morgan fingerprint density at radius 3 is 2.03 bits per heavy atom. The summed E-state index contributed by atoms with van der Waals surface area (Å²) in [7, 11) is 0. The first-order valence-electron chi connectivity index (χ1n) is 13.1. The first-order chi connectivity index (χ1) is 19.3. The maximum Gasteiger partial charge on any atom is 0.0555 e. The molecule has 1 nitrogen and oxygen atoms in total. The molecular formula is C36H22BrNS. The molecule has 0 saturated heterocycles. The van der Waals surface area contributed by atoms with E-state index in [2.05, 4.69) is 154 Å². The van der Waals surface area contributed by atoms with E-state index in [4.69, 9.17) is 0 Å². The lowest BCUT2D eigenvalue weighted by Crippen LogP contribution is -1.96. The highest BCUT2D eigenvalue weighted by Gasteiger charge is 2.19. The summed E-state index contributed by atoms with van der Waals surface area (Å²) in [4.78, 5) is 0. The predicted molar refractivity (Wildman–Crippen MR) is 172 cm³/mol. The van der Waals surface area contributed by atoms with Crippen molar-refractivity contribution in [2.45, 2.75) is 0 Å². The fraction of sp³-hybridized carbons (Fsp3) is 0. The normalized spacial score (nSPS) is 11.7. The highest BCUT2D eigenvalue weighted by Crippen LogP contribution is 2.46. The molecule has 3 heteroatoms. The first kappa shape index (κ1) is 22.8. The molecule has 0 aliphatic rings. The van der Waals surface area contributed by atoms with E-state index in [1.54, 1.807) is 0 Å². The minimum absolute atomic E-state index is 1.13. The van der Waals surface area contributed by atoms with Crippen molar-refractivity contribution in [3.8, 4) is 27.9 Å². The van der Waals surface area contributed by atoms with Gasteiger partial charge in [-0.2, -0.15) is 0 Å². The van der Waals surface area contributed by atoms with Gasteiger partial charge in [-0.3, -0.25) is 0 Å². The van der Waals surface area contributed by atoms with Crippen LogP contribution in [-0.4, -0.2) is 4.57 Å². The number of benzene rings is 6. The van der Waals surface area contributed by atoms with Crippen molar-refractivity contribution in [2.75, 3.05) is 0 Å². The lowest BCUT2D eigenvalue weighted by atomic mass is 9.99. The number of para-hydroxylation sites is 2. The molecule has 39 heavy (non-hydrogen) atoms. The summed E-state index contributed by atoms with van der Waals surface area (Å²) in [5, 5.41) is 5.17. The van der Waals surface area contributed by atoms with Crippen LogP contribution in [0.1, 0.15) is 0 Å². The molecule has 8 aromatic rings. The molecule has 184 valence electrons. The number of hydrogen-bond acceptors (Lipinski definition) is 1. The second kappa shape index (κ2) is 8.94. The van der Waals surface area contributed by atoms with Crippen molar-refractivity contribution in [1.29, 1.82) is 0 Å².